The number of rotatable bonds is 4. The molecule has 0 saturated heterocycles. The molecular formula is C21H15F2N5Pt. The van der Waals surface area contributed by atoms with E-state index in [2.05, 4.69) is 27.2 Å². The van der Waals surface area contributed by atoms with Crippen molar-refractivity contribution < 1.29 is 29.8 Å². The van der Waals surface area contributed by atoms with Gasteiger partial charge in [-0.25, -0.2) is 8.78 Å². The monoisotopic (exact) mass is 570 g/mol. The van der Waals surface area contributed by atoms with Crippen LogP contribution >= 0.6 is 0 Å². The molecule has 0 bridgehead atoms. The van der Waals surface area contributed by atoms with Gasteiger partial charge >= 0.3 is 21.1 Å². The Morgan fingerprint density at radius 3 is 2.38 bits per heavy atom. The van der Waals surface area contributed by atoms with Crippen molar-refractivity contribution in [1.29, 1.82) is 0 Å². The second-order valence-electron chi connectivity index (χ2n) is 6.70. The van der Waals surface area contributed by atoms with Crippen LogP contribution in [0.5, 0.6) is 0 Å². The maximum Gasteiger partial charge on any atom is 2.00 e. The first-order valence-corrected chi connectivity index (χ1v) is 8.55. The van der Waals surface area contributed by atoms with Crippen LogP contribution in [0.15, 0.2) is 55.0 Å². The topological polar surface area (TPSA) is 56.5 Å². The number of halogens is 2. The van der Waals surface area contributed by atoms with Crippen molar-refractivity contribution in [2.45, 2.75) is 19.3 Å². The molecule has 0 N–H and O–H groups in total. The average molecular weight is 570 g/mol. The van der Waals surface area contributed by atoms with Gasteiger partial charge in [-0.05, 0) is 44.2 Å². The second kappa shape index (κ2) is 8.29. The molecule has 0 amide bonds. The van der Waals surface area contributed by atoms with E-state index in [0.29, 0.717) is 17.2 Å². The molecule has 0 aliphatic heterocycles. The van der Waals surface area contributed by atoms with Crippen LogP contribution in [-0.2, 0) is 26.5 Å². The fourth-order valence-corrected chi connectivity index (χ4v) is 2.87. The van der Waals surface area contributed by atoms with Crippen molar-refractivity contribution in [3.63, 3.8) is 0 Å². The Morgan fingerprint density at radius 2 is 1.69 bits per heavy atom. The van der Waals surface area contributed by atoms with Crippen LogP contribution in [0, 0.1) is 24.2 Å². The van der Waals surface area contributed by atoms with Gasteiger partial charge in [-0.15, -0.1) is 6.07 Å². The first-order chi connectivity index (χ1) is 13.4. The number of hydrogen-bond acceptors (Lipinski definition) is 4. The minimum absolute atomic E-state index is 0. The van der Waals surface area contributed by atoms with Crippen LogP contribution in [0.2, 0.25) is 0 Å². The maximum atomic E-state index is 14.1. The third-order valence-electron chi connectivity index (χ3n) is 4.47. The van der Waals surface area contributed by atoms with E-state index in [9.17, 15) is 8.78 Å². The Kier molecular flexibility index (Phi) is 5.98. The van der Waals surface area contributed by atoms with Crippen molar-refractivity contribution in [1.82, 2.24) is 24.5 Å². The first-order valence-electron chi connectivity index (χ1n) is 8.55. The molecule has 8 heteroatoms. The van der Waals surface area contributed by atoms with Crippen LogP contribution < -0.4 is 0 Å². The predicted octanol–water partition coefficient (Wildman–Crippen LogP) is 3.93. The summed E-state index contributed by atoms with van der Waals surface area (Å²) in [7, 11) is 0. The minimum Gasteiger partial charge on any atom is -0.453 e. The molecule has 5 nitrogen and oxygen atoms in total. The van der Waals surface area contributed by atoms with Gasteiger partial charge in [0.1, 0.15) is 11.9 Å². The molecule has 148 valence electrons. The summed E-state index contributed by atoms with van der Waals surface area (Å²) in [6.45, 7) is 3.96. The summed E-state index contributed by atoms with van der Waals surface area (Å²) in [6, 6.07) is 14.5. The quantitative estimate of drug-likeness (QED) is 0.276. The van der Waals surface area contributed by atoms with Gasteiger partial charge in [0.05, 0.1) is 0 Å². The number of nitrogens with zero attached hydrogens (tertiary/aromatic N) is 5. The van der Waals surface area contributed by atoms with Gasteiger partial charge in [-0.1, -0.05) is 42.1 Å². The van der Waals surface area contributed by atoms with E-state index in [1.54, 1.807) is 29.2 Å². The van der Waals surface area contributed by atoms with Crippen LogP contribution in [0.1, 0.15) is 25.2 Å². The fraction of sp³-hybridized carbons (Fsp3) is 0.143. The summed E-state index contributed by atoms with van der Waals surface area (Å²) in [5.74, 6) is -1.19. The summed E-state index contributed by atoms with van der Waals surface area (Å²) in [5.41, 5.74) is 1.24. The van der Waals surface area contributed by atoms with Crippen molar-refractivity contribution in [2.24, 2.45) is 0 Å². The molecule has 0 aliphatic rings. The van der Waals surface area contributed by atoms with E-state index < -0.39 is 17.3 Å². The Balaban J connectivity index is 0.00000240. The molecule has 0 saturated carbocycles. The van der Waals surface area contributed by atoms with Crippen LogP contribution in [-0.4, -0.2) is 24.5 Å². The third kappa shape index (κ3) is 4.15. The summed E-state index contributed by atoms with van der Waals surface area (Å²) in [6.07, 6.45) is 6.14. The molecule has 29 heavy (non-hydrogen) atoms. The van der Waals surface area contributed by atoms with Crippen molar-refractivity contribution in [3.05, 3.63) is 90.5 Å². The molecule has 0 aliphatic carbocycles. The predicted molar refractivity (Wildman–Crippen MR) is 98.5 cm³/mol. The summed E-state index contributed by atoms with van der Waals surface area (Å²) >= 11 is 0. The van der Waals surface area contributed by atoms with E-state index >= 15 is 0 Å². The molecule has 0 unspecified atom stereocenters. The van der Waals surface area contributed by atoms with E-state index in [1.165, 1.54) is 0 Å². The van der Waals surface area contributed by atoms with E-state index in [-0.39, 0.29) is 26.6 Å². The largest absolute Gasteiger partial charge is 2.00 e. The number of hydrogen-bond donors (Lipinski definition) is 0. The standard InChI is InChI=1S/C21H15F2N5.Pt/c1-21(2,17-7-4-8-19(26-17)28-12-11-24-13-28)16-6-3-5-15(25-16)14-9-10-18(22)27-20(14)23;/h3-8,10-11,13H,1-2H3;/q-2;+2. The van der Waals surface area contributed by atoms with Gasteiger partial charge in [0.15, 0.2) is 0 Å². The molecule has 0 radical (unpaired) electrons. The number of aromatic nitrogens is 5. The van der Waals surface area contributed by atoms with Gasteiger partial charge in [-0.2, -0.15) is 0 Å². The molecule has 4 heterocycles. The zero-order chi connectivity index (χ0) is 19.7. The van der Waals surface area contributed by atoms with Gasteiger partial charge < -0.3 is 14.5 Å². The fourth-order valence-electron chi connectivity index (χ4n) is 2.87. The summed E-state index contributed by atoms with van der Waals surface area (Å²) < 4.78 is 28.8. The first kappa shape index (κ1) is 20.9. The van der Waals surface area contributed by atoms with Crippen LogP contribution in [0.25, 0.3) is 17.1 Å². The van der Waals surface area contributed by atoms with Crippen molar-refractivity contribution >= 4 is 0 Å². The van der Waals surface area contributed by atoms with Gasteiger partial charge in [0.2, 0.25) is 0 Å². The Labute approximate surface area is 181 Å². The van der Waals surface area contributed by atoms with Gasteiger partial charge in [0, 0.05) is 22.6 Å². The average Bonchev–Trinajstić information content (AvgIpc) is 3.23. The van der Waals surface area contributed by atoms with E-state index in [0.717, 1.165) is 11.8 Å². The Morgan fingerprint density at radius 1 is 0.966 bits per heavy atom. The molecular weight excluding hydrogens is 555 g/mol. The number of pyridine rings is 3. The zero-order valence-electron chi connectivity index (χ0n) is 15.5. The second-order valence-corrected chi connectivity index (χ2v) is 6.70. The molecule has 0 fully saturated rings. The molecule has 4 aromatic heterocycles. The molecule has 0 spiro atoms. The van der Waals surface area contributed by atoms with E-state index in [4.69, 9.17) is 4.98 Å². The van der Waals surface area contributed by atoms with Crippen LogP contribution in [0.4, 0.5) is 8.78 Å². The Hall–Kier alpha value is -2.79. The number of imidazole rings is 1. The zero-order valence-corrected chi connectivity index (χ0v) is 17.8. The van der Waals surface area contributed by atoms with Crippen molar-refractivity contribution in [2.75, 3.05) is 0 Å². The van der Waals surface area contributed by atoms with Gasteiger partial charge in [0.25, 0.3) is 0 Å². The SMILES string of the molecule is CC(C)(c1cccc(-c2[c-]cc(F)nc2F)n1)c1cccc(-n2[c-]cnc2)n1.[Pt+2]. The smallest absolute Gasteiger partial charge is 0.453 e. The molecule has 4 aromatic rings. The molecule has 0 aromatic carbocycles. The van der Waals surface area contributed by atoms with Gasteiger partial charge in [-0.3, -0.25) is 9.97 Å². The molecule has 4 rings (SSSR count). The normalized spacial score (nSPS) is 11.2. The molecule has 0 atom stereocenters. The van der Waals surface area contributed by atoms with E-state index in [1.807, 2.05) is 38.1 Å². The summed E-state index contributed by atoms with van der Waals surface area (Å²) in [5, 5.41) is 0. The minimum atomic E-state index is -0.946. The van der Waals surface area contributed by atoms with Crippen LogP contribution in [0.3, 0.4) is 0 Å². The Bertz CT molecular complexity index is 1130. The third-order valence-corrected chi connectivity index (χ3v) is 4.47. The van der Waals surface area contributed by atoms with Crippen molar-refractivity contribution in [3.8, 4) is 17.1 Å². The maximum absolute atomic E-state index is 14.1. The summed E-state index contributed by atoms with van der Waals surface area (Å²) in [4.78, 5) is 16.5.